The predicted molar refractivity (Wildman–Crippen MR) is 75.4 cm³/mol. The van der Waals surface area contributed by atoms with Crippen molar-refractivity contribution >= 4 is 10.8 Å². The van der Waals surface area contributed by atoms with Crippen LogP contribution in [0.25, 0.3) is 0 Å². The zero-order valence-electron chi connectivity index (χ0n) is 10.8. The van der Waals surface area contributed by atoms with Gasteiger partial charge in [-0.3, -0.25) is 4.21 Å². The molecule has 0 spiro atoms. The maximum absolute atomic E-state index is 11.9. The molecule has 0 radical (unpaired) electrons. The first-order valence-electron chi connectivity index (χ1n) is 6.28. The SMILES string of the molecule is CCC(N)CCCS(=O)Cc1ccccc1C. The second-order valence-electron chi connectivity index (χ2n) is 4.53. The second-order valence-corrected chi connectivity index (χ2v) is 6.10. The van der Waals surface area contributed by atoms with Crippen LogP contribution in [-0.2, 0) is 16.6 Å². The average molecular weight is 253 g/mol. The van der Waals surface area contributed by atoms with E-state index < -0.39 is 10.8 Å². The minimum absolute atomic E-state index is 0.269. The standard InChI is InChI=1S/C14H23NOS/c1-3-14(15)9-6-10-17(16)11-13-8-5-4-7-12(13)2/h4-5,7-8,14H,3,6,9-11,15H2,1-2H3. The summed E-state index contributed by atoms with van der Waals surface area (Å²) >= 11 is 0. The van der Waals surface area contributed by atoms with Crippen LogP contribution >= 0.6 is 0 Å². The zero-order valence-corrected chi connectivity index (χ0v) is 11.6. The topological polar surface area (TPSA) is 43.1 Å². The Bertz CT molecular complexity index is 365. The van der Waals surface area contributed by atoms with Gasteiger partial charge in [-0.15, -0.1) is 0 Å². The van der Waals surface area contributed by atoms with E-state index in [1.165, 1.54) is 11.1 Å². The Morgan fingerprint density at radius 2 is 2.06 bits per heavy atom. The molecule has 2 nitrogen and oxygen atoms in total. The monoisotopic (exact) mass is 253 g/mol. The highest BCUT2D eigenvalue weighted by Crippen LogP contribution is 2.11. The number of nitrogens with two attached hydrogens (primary N) is 1. The summed E-state index contributed by atoms with van der Waals surface area (Å²) in [5, 5.41) is 0. The smallest absolute Gasteiger partial charge is 0.0488 e. The maximum Gasteiger partial charge on any atom is 0.0488 e. The van der Waals surface area contributed by atoms with Gasteiger partial charge in [-0.05, 0) is 37.3 Å². The molecule has 3 heteroatoms. The first kappa shape index (κ1) is 14.4. The van der Waals surface area contributed by atoms with E-state index in [0.717, 1.165) is 25.0 Å². The summed E-state index contributed by atoms with van der Waals surface area (Å²) in [6.45, 7) is 4.16. The van der Waals surface area contributed by atoms with Gasteiger partial charge in [-0.2, -0.15) is 0 Å². The van der Waals surface area contributed by atoms with E-state index >= 15 is 0 Å². The van der Waals surface area contributed by atoms with Gasteiger partial charge in [0.15, 0.2) is 0 Å². The van der Waals surface area contributed by atoms with Crippen molar-refractivity contribution in [3.63, 3.8) is 0 Å². The van der Waals surface area contributed by atoms with Gasteiger partial charge in [-0.1, -0.05) is 31.2 Å². The highest BCUT2D eigenvalue weighted by Gasteiger charge is 2.05. The molecule has 1 aromatic carbocycles. The van der Waals surface area contributed by atoms with Crippen molar-refractivity contribution in [2.45, 2.75) is 44.9 Å². The number of hydrogen-bond donors (Lipinski definition) is 1. The Balaban J connectivity index is 2.33. The summed E-state index contributed by atoms with van der Waals surface area (Å²) in [5.41, 5.74) is 8.26. The Morgan fingerprint density at radius 3 is 2.71 bits per heavy atom. The molecule has 0 saturated heterocycles. The Kier molecular flexibility index (Phi) is 6.45. The van der Waals surface area contributed by atoms with Gasteiger partial charge in [0, 0.05) is 28.3 Å². The van der Waals surface area contributed by atoms with E-state index in [0.29, 0.717) is 5.75 Å². The number of rotatable bonds is 7. The number of benzene rings is 1. The molecule has 2 N–H and O–H groups in total. The molecule has 1 rings (SSSR count). The lowest BCUT2D eigenvalue weighted by Gasteiger charge is -2.08. The number of hydrogen-bond acceptors (Lipinski definition) is 2. The molecular formula is C14H23NOS. The molecule has 2 atom stereocenters. The van der Waals surface area contributed by atoms with E-state index in [9.17, 15) is 4.21 Å². The van der Waals surface area contributed by atoms with E-state index in [4.69, 9.17) is 5.73 Å². The van der Waals surface area contributed by atoms with Gasteiger partial charge in [0.05, 0.1) is 0 Å². The number of aryl methyl sites for hydroxylation is 1. The van der Waals surface area contributed by atoms with Crippen LogP contribution in [0.15, 0.2) is 24.3 Å². The van der Waals surface area contributed by atoms with Crippen molar-refractivity contribution in [2.24, 2.45) is 5.73 Å². The van der Waals surface area contributed by atoms with Crippen molar-refractivity contribution in [3.8, 4) is 0 Å². The maximum atomic E-state index is 11.9. The van der Waals surface area contributed by atoms with Gasteiger partial charge in [0.2, 0.25) is 0 Å². The molecule has 0 aromatic heterocycles. The highest BCUT2D eigenvalue weighted by atomic mass is 32.2. The molecule has 0 aliphatic rings. The summed E-state index contributed by atoms with van der Waals surface area (Å²) in [7, 11) is -0.755. The lowest BCUT2D eigenvalue weighted by atomic mass is 10.1. The fourth-order valence-corrected chi connectivity index (χ4v) is 3.03. The zero-order chi connectivity index (χ0) is 12.7. The quantitative estimate of drug-likeness (QED) is 0.812. The van der Waals surface area contributed by atoms with Crippen molar-refractivity contribution in [1.29, 1.82) is 0 Å². The van der Waals surface area contributed by atoms with E-state index in [1.807, 2.05) is 12.1 Å². The second kappa shape index (κ2) is 7.62. The van der Waals surface area contributed by atoms with Crippen LogP contribution < -0.4 is 5.73 Å². The van der Waals surface area contributed by atoms with Crippen LogP contribution in [0.3, 0.4) is 0 Å². The Hall–Kier alpha value is -0.670. The van der Waals surface area contributed by atoms with Crippen LogP contribution in [0.5, 0.6) is 0 Å². The lowest BCUT2D eigenvalue weighted by molar-refractivity contribution is 0.586. The van der Waals surface area contributed by atoms with Crippen LogP contribution in [0.4, 0.5) is 0 Å². The van der Waals surface area contributed by atoms with Crippen LogP contribution in [0, 0.1) is 6.92 Å². The van der Waals surface area contributed by atoms with Crippen LogP contribution in [0.2, 0.25) is 0 Å². The van der Waals surface area contributed by atoms with Gasteiger partial charge >= 0.3 is 0 Å². The molecule has 0 aliphatic heterocycles. The fourth-order valence-electron chi connectivity index (χ4n) is 1.73. The van der Waals surface area contributed by atoms with Crippen molar-refractivity contribution in [1.82, 2.24) is 0 Å². The summed E-state index contributed by atoms with van der Waals surface area (Å²) < 4.78 is 11.9. The van der Waals surface area contributed by atoms with Crippen LogP contribution in [-0.4, -0.2) is 16.0 Å². The van der Waals surface area contributed by atoms with Crippen molar-refractivity contribution in [3.05, 3.63) is 35.4 Å². The Labute approximate surface area is 107 Å². The first-order valence-corrected chi connectivity index (χ1v) is 7.77. The van der Waals surface area contributed by atoms with Crippen molar-refractivity contribution in [2.75, 3.05) is 5.75 Å². The molecule has 0 aliphatic carbocycles. The van der Waals surface area contributed by atoms with Gasteiger partial charge in [-0.25, -0.2) is 0 Å². The van der Waals surface area contributed by atoms with Gasteiger partial charge < -0.3 is 5.73 Å². The minimum Gasteiger partial charge on any atom is -0.328 e. The average Bonchev–Trinajstić information content (AvgIpc) is 2.32. The highest BCUT2D eigenvalue weighted by molar-refractivity contribution is 7.84. The fraction of sp³-hybridized carbons (Fsp3) is 0.571. The Morgan fingerprint density at radius 1 is 1.35 bits per heavy atom. The lowest BCUT2D eigenvalue weighted by Crippen LogP contribution is -2.19. The molecular weight excluding hydrogens is 230 g/mol. The summed E-state index contributed by atoms with van der Waals surface area (Å²) in [6, 6.07) is 8.42. The molecule has 17 heavy (non-hydrogen) atoms. The summed E-state index contributed by atoms with van der Waals surface area (Å²) in [6.07, 6.45) is 2.95. The molecule has 0 saturated carbocycles. The molecule has 0 heterocycles. The molecule has 0 bridgehead atoms. The normalized spacial score (nSPS) is 14.5. The van der Waals surface area contributed by atoms with E-state index in [1.54, 1.807) is 0 Å². The first-order chi connectivity index (χ1) is 8.13. The third kappa shape index (κ3) is 5.46. The molecule has 2 unspecified atom stereocenters. The minimum atomic E-state index is -0.755. The predicted octanol–water partition coefficient (Wildman–Crippen LogP) is 2.76. The van der Waals surface area contributed by atoms with Gasteiger partial charge in [0.1, 0.15) is 0 Å². The largest absolute Gasteiger partial charge is 0.328 e. The van der Waals surface area contributed by atoms with E-state index in [2.05, 4.69) is 26.0 Å². The van der Waals surface area contributed by atoms with Gasteiger partial charge in [0.25, 0.3) is 0 Å². The van der Waals surface area contributed by atoms with E-state index in [-0.39, 0.29) is 6.04 Å². The third-order valence-electron chi connectivity index (χ3n) is 3.05. The summed E-state index contributed by atoms with van der Waals surface area (Å²) in [5.74, 6) is 1.44. The third-order valence-corrected chi connectivity index (χ3v) is 4.43. The van der Waals surface area contributed by atoms with Crippen molar-refractivity contribution < 1.29 is 4.21 Å². The molecule has 0 amide bonds. The molecule has 96 valence electrons. The molecule has 0 fully saturated rings. The molecule has 1 aromatic rings. The summed E-state index contributed by atoms with van der Waals surface area (Å²) in [4.78, 5) is 0. The van der Waals surface area contributed by atoms with Crippen LogP contribution in [0.1, 0.15) is 37.3 Å².